The number of carbonyl (C=O) groups is 1. The zero-order valence-corrected chi connectivity index (χ0v) is 8.82. The molecule has 0 radical (unpaired) electrons. The zero-order valence-electron chi connectivity index (χ0n) is 8.82. The van der Waals surface area contributed by atoms with Crippen molar-refractivity contribution >= 4 is 11.5 Å². The molecule has 2 aromatic rings. The normalized spacial score (nSPS) is 10.8. The summed E-state index contributed by atoms with van der Waals surface area (Å²) >= 11 is 0. The monoisotopic (exact) mass is 203 g/mol. The molecular formula is C12H13NO2. The van der Waals surface area contributed by atoms with Gasteiger partial charge in [-0.3, -0.25) is 4.79 Å². The number of carboxylic acid groups (broad SMARTS) is 1. The summed E-state index contributed by atoms with van der Waals surface area (Å²) in [5.74, 6) is -0.790. The zero-order chi connectivity index (χ0) is 11.0. The van der Waals surface area contributed by atoms with E-state index in [0.717, 1.165) is 22.3 Å². The van der Waals surface area contributed by atoms with Crippen molar-refractivity contribution in [2.24, 2.45) is 0 Å². The maximum Gasteiger partial charge on any atom is 0.309 e. The molecule has 78 valence electrons. The Labute approximate surface area is 88.0 Å². The lowest BCUT2D eigenvalue weighted by Crippen LogP contribution is -2.04. The molecule has 0 bridgehead atoms. The molecule has 0 aliphatic heterocycles. The molecule has 0 saturated heterocycles. The van der Waals surface area contributed by atoms with Crippen molar-refractivity contribution < 1.29 is 9.90 Å². The number of carboxylic acids is 1. The molecule has 0 saturated carbocycles. The fourth-order valence-corrected chi connectivity index (χ4v) is 1.93. The van der Waals surface area contributed by atoms with E-state index in [0.29, 0.717) is 0 Å². The molecule has 0 amide bonds. The molecule has 0 aromatic carbocycles. The lowest BCUT2D eigenvalue weighted by Gasteiger charge is -2.00. The molecule has 0 aliphatic rings. The maximum absolute atomic E-state index is 10.8. The Morgan fingerprint density at radius 1 is 1.33 bits per heavy atom. The van der Waals surface area contributed by atoms with Crippen molar-refractivity contribution in [3.63, 3.8) is 0 Å². The minimum atomic E-state index is -0.790. The quantitative estimate of drug-likeness (QED) is 0.812. The average molecular weight is 203 g/mol. The summed E-state index contributed by atoms with van der Waals surface area (Å²) in [6.07, 6.45) is 1.98. The number of nitrogens with zero attached hydrogens (tertiary/aromatic N) is 1. The van der Waals surface area contributed by atoms with E-state index in [9.17, 15) is 4.79 Å². The maximum atomic E-state index is 10.8. The molecule has 3 nitrogen and oxygen atoms in total. The molecule has 0 aliphatic carbocycles. The Hall–Kier alpha value is -1.77. The second-order valence-electron chi connectivity index (χ2n) is 3.72. The van der Waals surface area contributed by atoms with Crippen molar-refractivity contribution in [1.29, 1.82) is 0 Å². The number of fused-ring (bicyclic) bond motifs is 1. The van der Waals surface area contributed by atoms with Crippen LogP contribution in [0.1, 0.15) is 16.8 Å². The molecule has 15 heavy (non-hydrogen) atoms. The first kappa shape index (κ1) is 9.77. The molecule has 1 N–H and O–H groups in total. The highest BCUT2D eigenvalue weighted by molar-refractivity contribution is 5.72. The molecule has 0 fully saturated rings. The number of hydrogen-bond donors (Lipinski definition) is 1. The van der Waals surface area contributed by atoms with Crippen LogP contribution in [0.5, 0.6) is 0 Å². The first-order valence-corrected chi connectivity index (χ1v) is 4.88. The van der Waals surface area contributed by atoms with Crippen LogP contribution in [-0.2, 0) is 11.2 Å². The minimum Gasteiger partial charge on any atom is -0.481 e. The topological polar surface area (TPSA) is 41.7 Å². The third-order valence-electron chi connectivity index (χ3n) is 2.85. The van der Waals surface area contributed by atoms with E-state index in [1.165, 1.54) is 0 Å². The molecule has 2 heterocycles. The number of rotatable bonds is 2. The van der Waals surface area contributed by atoms with Gasteiger partial charge in [-0.2, -0.15) is 0 Å². The molecule has 2 aromatic heterocycles. The molecule has 0 unspecified atom stereocenters. The third kappa shape index (κ3) is 1.50. The number of aromatic nitrogens is 1. The van der Waals surface area contributed by atoms with Crippen LogP contribution in [0.4, 0.5) is 0 Å². The van der Waals surface area contributed by atoms with Gasteiger partial charge in [0.2, 0.25) is 0 Å². The van der Waals surface area contributed by atoms with Gasteiger partial charge in [0, 0.05) is 17.4 Å². The third-order valence-corrected chi connectivity index (χ3v) is 2.85. The fraction of sp³-hybridized carbons (Fsp3) is 0.250. The van der Waals surface area contributed by atoms with Crippen molar-refractivity contribution in [2.45, 2.75) is 20.3 Å². The highest BCUT2D eigenvalue weighted by Crippen LogP contribution is 2.22. The van der Waals surface area contributed by atoms with Crippen molar-refractivity contribution in [3.05, 3.63) is 41.2 Å². The standard InChI is InChI=1S/C12H13NO2/c1-8-9(2)11(7-12(14)15)13-6-4-3-5-10(8)13/h3-6H,7H2,1-2H3,(H,14,15). The van der Waals surface area contributed by atoms with Crippen LogP contribution in [0.2, 0.25) is 0 Å². The first-order chi connectivity index (χ1) is 7.11. The van der Waals surface area contributed by atoms with Crippen molar-refractivity contribution in [2.75, 3.05) is 0 Å². The van der Waals surface area contributed by atoms with Gasteiger partial charge in [-0.05, 0) is 37.1 Å². The molecule has 3 heteroatoms. The molecule has 0 atom stereocenters. The van der Waals surface area contributed by atoms with Crippen LogP contribution in [0.3, 0.4) is 0 Å². The van der Waals surface area contributed by atoms with Gasteiger partial charge in [0.1, 0.15) is 0 Å². The lowest BCUT2D eigenvalue weighted by atomic mass is 10.1. The van der Waals surface area contributed by atoms with Gasteiger partial charge in [-0.25, -0.2) is 0 Å². The SMILES string of the molecule is Cc1c(C)c2ccccn2c1CC(=O)O. The number of hydrogen-bond acceptors (Lipinski definition) is 1. The minimum absolute atomic E-state index is 0.0743. The molecular weight excluding hydrogens is 190 g/mol. The summed E-state index contributed by atoms with van der Waals surface area (Å²) in [6.45, 7) is 4.00. The van der Waals surface area contributed by atoms with E-state index in [-0.39, 0.29) is 6.42 Å². The summed E-state index contributed by atoms with van der Waals surface area (Å²) in [5.41, 5.74) is 4.19. The first-order valence-electron chi connectivity index (χ1n) is 4.88. The van der Waals surface area contributed by atoms with Crippen molar-refractivity contribution in [3.8, 4) is 0 Å². The second kappa shape index (κ2) is 3.42. The average Bonchev–Trinajstić information content (AvgIpc) is 2.44. The molecule has 0 spiro atoms. The van der Waals surface area contributed by atoms with Gasteiger partial charge in [0.25, 0.3) is 0 Å². The van der Waals surface area contributed by atoms with Crippen LogP contribution in [0, 0.1) is 13.8 Å². The summed E-state index contributed by atoms with van der Waals surface area (Å²) in [4.78, 5) is 10.8. The van der Waals surface area contributed by atoms with Crippen LogP contribution in [0.15, 0.2) is 24.4 Å². The Balaban J connectivity index is 2.72. The van der Waals surface area contributed by atoms with Crippen LogP contribution in [0.25, 0.3) is 5.52 Å². The van der Waals surface area contributed by atoms with Crippen LogP contribution >= 0.6 is 0 Å². The van der Waals surface area contributed by atoms with Crippen LogP contribution in [-0.4, -0.2) is 15.5 Å². The summed E-state index contributed by atoms with van der Waals surface area (Å²) in [6, 6.07) is 5.89. The number of pyridine rings is 1. The number of aryl methyl sites for hydroxylation is 1. The van der Waals surface area contributed by atoms with E-state index < -0.39 is 5.97 Å². The largest absolute Gasteiger partial charge is 0.481 e. The summed E-state index contributed by atoms with van der Waals surface area (Å²) in [5, 5.41) is 8.85. The molecule has 2 rings (SSSR count). The highest BCUT2D eigenvalue weighted by atomic mass is 16.4. The lowest BCUT2D eigenvalue weighted by molar-refractivity contribution is -0.136. The number of aliphatic carboxylic acids is 1. The smallest absolute Gasteiger partial charge is 0.309 e. The van der Waals surface area contributed by atoms with Gasteiger partial charge < -0.3 is 9.51 Å². The second-order valence-corrected chi connectivity index (χ2v) is 3.72. The van der Waals surface area contributed by atoms with Gasteiger partial charge in [-0.1, -0.05) is 6.07 Å². The Kier molecular flexibility index (Phi) is 2.23. The summed E-state index contributed by atoms with van der Waals surface area (Å²) < 4.78 is 1.96. The summed E-state index contributed by atoms with van der Waals surface area (Å²) in [7, 11) is 0. The van der Waals surface area contributed by atoms with E-state index in [1.807, 2.05) is 42.6 Å². The van der Waals surface area contributed by atoms with E-state index in [2.05, 4.69) is 0 Å². The van der Waals surface area contributed by atoms with Gasteiger partial charge in [0.05, 0.1) is 6.42 Å². The van der Waals surface area contributed by atoms with E-state index >= 15 is 0 Å². The van der Waals surface area contributed by atoms with Gasteiger partial charge in [-0.15, -0.1) is 0 Å². The Morgan fingerprint density at radius 2 is 2.07 bits per heavy atom. The van der Waals surface area contributed by atoms with E-state index in [1.54, 1.807) is 0 Å². The Morgan fingerprint density at radius 3 is 2.73 bits per heavy atom. The van der Waals surface area contributed by atoms with Crippen LogP contribution < -0.4 is 0 Å². The van der Waals surface area contributed by atoms with Gasteiger partial charge in [0.15, 0.2) is 0 Å². The Bertz CT molecular complexity index is 526. The predicted molar refractivity (Wildman–Crippen MR) is 58.2 cm³/mol. The van der Waals surface area contributed by atoms with E-state index in [4.69, 9.17) is 5.11 Å². The predicted octanol–water partition coefficient (Wildman–Crippen LogP) is 2.18. The van der Waals surface area contributed by atoms with Gasteiger partial charge >= 0.3 is 5.97 Å². The highest BCUT2D eigenvalue weighted by Gasteiger charge is 2.13. The fourth-order valence-electron chi connectivity index (χ4n) is 1.93. The van der Waals surface area contributed by atoms with Crippen molar-refractivity contribution in [1.82, 2.24) is 4.40 Å².